The second-order valence-electron chi connectivity index (χ2n) is 5.40. The smallest absolute Gasteiger partial charge is 0.0670 e. The molecule has 0 atom stereocenters. The lowest BCUT2D eigenvalue weighted by atomic mass is 10.0. The van der Waals surface area contributed by atoms with Gasteiger partial charge in [0.2, 0.25) is 0 Å². The molecule has 1 saturated heterocycles. The standard InChI is InChI=1S/C15H22N4/c1-18(2)13-6-9-19(10-7-13)14-3-4-15(17)12(11-14)5-8-16/h3-4,11,13H,5-7,9-10,17H2,1-2H3. The maximum absolute atomic E-state index is 8.82. The van der Waals surface area contributed by atoms with Gasteiger partial charge in [-0.3, -0.25) is 0 Å². The van der Waals surface area contributed by atoms with Crippen LogP contribution in [0.2, 0.25) is 0 Å². The monoisotopic (exact) mass is 258 g/mol. The van der Waals surface area contributed by atoms with Crippen molar-refractivity contribution < 1.29 is 0 Å². The Kier molecular flexibility index (Phi) is 4.28. The highest BCUT2D eigenvalue weighted by molar-refractivity contribution is 5.59. The molecule has 102 valence electrons. The Morgan fingerprint density at radius 1 is 1.37 bits per heavy atom. The quantitative estimate of drug-likeness (QED) is 0.841. The van der Waals surface area contributed by atoms with Gasteiger partial charge in [-0.15, -0.1) is 0 Å². The minimum atomic E-state index is 0.383. The molecule has 19 heavy (non-hydrogen) atoms. The number of hydrogen-bond donors (Lipinski definition) is 1. The third kappa shape index (κ3) is 3.18. The molecule has 0 unspecified atom stereocenters. The van der Waals surface area contributed by atoms with Crippen molar-refractivity contribution in [2.45, 2.75) is 25.3 Å². The summed E-state index contributed by atoms with van der Waals surface area (Å²) in [6, 6.07) is 8.90. The summed E-state index contributed by atoms with van der Waals surface area (Å²) < 4.78 is 0. The number of piperidine rings is 1. The molecule has 0 spiro atoms. The summed E-state index contributed by atoms with van der Waals surface area (Å²) in [6.07, 6.45) is 2.75. The van der Waals surface area contributed by atoms with E-state index in [1.807, 2.05) is 6.07 Å². The molecule has 1 aromatic rings. The van der Waals surface area contributed by atoms with E-state index in [0.717, 1.165) is 18.7 Å². The van der Waals surface area contributed by atoms with Crippen LogP contribution in [0.1, 0.15) is 18.4 Å². The van der Waals surface area contributed by atoms with Crippen LogP contribution in [0.3, 0.4) is 0 Å². The van der Waals surface area contributed by atoms with E-state index in [2.05, 4.69) is 42.1 Å². The molecule has 4 nitrogen and oxygen atoms in total. The number of nitrogens with two attached hydrogens (primary N) is 1. The van der Waals surface area contributed by atoms with Crippen LogP contribution in [0.5, 0.6) is 0 Å². The second kappa shape index (κ2) is 5.94. The Morgan fingerprint density at radius 2 is 2.05 bits per heavy atom. The third-order valence-corrected chi connectivity index (χ3v) is 3.96. The van der Waals surface area contributed by atoms with E-state index in [0.29, 0.717) is 18.2 Å². The fourth-order valence-electron chi connectivity index (χ4n) is 2.67. The molecular weight excluding hydrogens is 236 g/mol. The van der Waals surface area contributed by atoms with Gasteiger partial charge in [-0.2, -0.15) is 5.26 Å². The lowest BCUT2D eigenvalue weighted by Gasteiger charge is -2.36. The molecule has 1 heterocycles. The fourth-order valence-corrected chi connectivity index (χ4v) is 2.67. The third-order valence-electron chi connectivity index (χ3n) is 3.96. The molecule has 1 aromatic carbocycles. The Balaban J connectivity index is 2.07. The van der Waals surface area contributed by atoms with E-state index < -0.39 is 0 Å². The summed E-state index contributed by atoms with van der Waals surface area (Å²) in [7, 11) is 4.29. The van der Waals surface area contributed by atoms with Gasteiger partial charge in [0.15, 0.2) is 0 Å². The van der Waals surface area contributed by atoms with Gasteiger partial charge in [0, 0.05) is 30.5 Å². The Labute approximate surface area is 115 Å². The van der Waals surface area contributed by atoms with Crippen molar-refractivity contribution in [3.63, 3.8) is 0 Å². The molecule has 0 aliphatic carbocycles. The minimum Gasteiger partial charge on any atom is -0.398 e. The van der Waals surface area contributed by atoms with E-state index in [4.69, 9.17) is 11.0 Å². The average molecular weight is 258 g/mol. The Hall–Kier alpha value is -1.73. The highest BCUT2D eigenvalue weighted by atomic mass is 15.2. The first-order valence-electron chi connectivity index (χ1n) is 6.78. The highest BCUT2D eigenvalue weighted by Gasteiger charge is 2.20. The molecule has 0 aromatic heterocycles. The van der Waals surface area contributed by atoms with Crippen molar-refractivity contribution in [2.24, 2.45) is 0 Å². The SMILES string of the molecule is CN(C)C1CCN(c2ccc(N)c(CC#N)c2)CC1. The molecule has 4 heteroatoms. The van der Waals surface area contributed by atoms with Gasteiger partial charge in [-0.25, -0.2) is 0 Å². The van der Waals surface area contributed by atoms with E-state index in [1.165, 1.54) is 18.5 Å². The normalized spacial score (nSPS) is 16.6. The molecule has 0 bridgehead atoms. The van der Waals surface area contributed by atoms with E-state index in [1.54, 1.807) is 0 Å². The zero-order valence-electron chi connectivity index (χ0n) is 11.8. The summed E-state index contributed by atoms with van der Waals surface area (Å²) >= 11 is 0. The molecule has 0 radical (unpaired) electrons. The van der Waals surface area contributed by atoms with Gasteiger partial charge in [-0.1, -0.05) is 0 Å². The van der Waals surface area contributed by atoms with E-state index >= 15 is 0 Å². The van der Waals surface area contributed by atoms with Gasteiger partial charge < -0.3 is 15.5 Å². The van der Waals surface area contributed by atoms with Crippen LogP contribution < -0.4 is 10.6 Å². The van der Waals surface area contributed by atoms with Gasteiger partial charge >= 0.3 is 0 Å². The van der Waals surface area contributed by atoms with E-state index in [-0.39, 0.29) is 0 Å². The number of rotatable bonds is 3. The first-order valence-corrected chi connectivity index (χ1v) is 6.78. The number of benzene rings is 1. The molecule has 1 aliphatic rings. The van der Waals surface area contributed by atoms with Crippen LogP contribution in [0, 0.1) is 11.3 Å². The summed E-state index contributed by atoms with van der Waals surface area (Å²) in [5.74, 6) is 0. The van der Waals surface area contributed by atoms with Crippen molar-refractivity contribution in [1.29, 1.82) is 5.26 Å². The first-order chi connectivity index (χ1) is 9.11. The van der Waals surface area contributed by atoms with Gasteiger partial charge in [-0.05, 0) is 50.7 Å². The van der Waals surface area contributed by atoms with Crippen LogP contribution in [0.15, 0.2) is 18.2 Å². The molecule has 2 rings (SSSR count). The lowest BCUT2D eigenvalue weighted by Crippen LogP contribution is -2.42. The summed E-state index contributed by atoms with van der Waals surface area (Å²) in [5.41, 5.74) is 8.74. The Morgan fingerprint density at radius 3 is 2.63 bits per heavy atom. The van der Waals surface area contributed by atoms with Gasteiger partial charge in [0.25, 0.3) is 0 Å². The summed E-state index contributed by atoms with van der Waals surface area (Å²) in [4.78, 5) is 4.70. The minimum absolute atomic E-state index is 0.383. The van der Waals surface area contributed by atoms with Gasteiger partial charge in [0.1, 0.15) is 0 Å². The number of nitriles is 1. The van der Waals surface area contributed by atoms with Crippen LogP contribution in [0.4, 0.5) is 11.4 Å². The predicted octanol–water partition coefficient (Wildman–Crippen LogP) is 1.87. The van der Waals surface area contributed by atoms with E-state index in [9.17, 15) is 0 Å². The summed E-state index contributed by atoms with van der Waals surface area (Å²) in [5, 5.41) is 8.82. The topological polar surface area (TPSA) is 56.3 Å². The fraction of sp³-hybridized carbons (Fsp3) is 0.533. The number of anilines is 2. The predicted molar refractivity (Wildman–Crippen MR) is 79.1 cm³/mol. The van der Waals surface area contributed by atoms with Gasteiger partial charge in [0.05, 0.1) is 12.5 Å². The van der Waals surface area contributed by atoms with Crippen molar-refractivity contribution in [2.75, 3.05) is 37.8 Å². The number of nitrogen functional groups attached to an aromatic ring is 1. The number of hydrogen-bond acceptors (Lipinski definition) is 4. The zero-order chi connectivity index (χ0) is 13.8. The molecule has 0 saturated carbocycles. The zero-order valence-corrected chi connectivity index (χ0v) is 11.8. The average Bonchev–Trinajstić information content (AvgIpc) is 2.41. The molecule has 0 amide bonds. The first kappa shape index (κ1) is 13.7. The highest BCUT2D eigenvalue weighted by Crippen LogP contribution is 2.25. The maximum Gasteiger partial charge on any atom is 0.0670 e. The lowest BCUT2D eigenvalue weighted by molar-refractivity contribution is 0.249. The largest absolute Gasteiger partial charge is 0.398 e. The van der Waals surface area contributed by atoms with Crippen LogP contribution >= 0.6 is 0 Å². The molecule has 1 fully saturated rings. The van der Waals surface area contributed by atoms with Crippen LogP contribution in [-0.2, 0) is 6.42 Å². The molecular formula is C15H22N4. The van der Waals surface area contributed by atoms with Crippen molar-refractivity contribution in [3.05, 3.63) is 23.8 Å². The Bertz CT molecular complexity index is 468. The van der Waals surface area contributed by atoms with Crippen LogP contribution in [0.25, 0.3) is 0 Å². The van der Waals surface area contributed by atoms with Crippen molar-refractivity contribution >= 4 is 11.4 Å². The summed E-state index contributed by atoms with van der Waals surface area (Å²) in [6.45, 7) is 2.14. The van der Waals surface area contributed by atoms with Crippen molar-refractivity contribution in [1.82, 2.24) is 4.90 Å². The number of nitrogens with zero attached hydrogens (tertiary/aromatic N) is 3. The van der Waals surface area contributed by atoms with Crippen molar-refractivity contribution in [3.8, 4) is 6.07 Å². The molecule has 1 aliphatic heterocycles. The maximum atomic E-state index is 8.82. The van der Waals surface area contributed by atoms with Crippen LogP contribution in [-0.4, -0.2) is 38.1 Å². The molecule has 2 N–H and O–H groups in total. The second-order valence-corrected chi connectivity index (χ2v) is 5.40.